The van der Waals surface area contributed by atoms with Gasteiger partial charge in [0.05, 0.1) is 18.5 Å². The van der Waals surface area contributed by atoms with E-state index in [-0.39, 0.29) is 10.9 Å². The van der Waals surface area contributed by atoms with Gasteiger partial charge in [-0.25, -0.2) is 4.79 Å². The number of carbonyl (C=O) groups excluding carboxylic acids is 2. The van der Waals surface area contributed by atoms with E-state index in [4.69, 9.17) is 22.7 Å². The Morgan fingerprint density at radius 2 is 1.72 bits per heavy atom. The SMILES string of the molecule is COC(=O)NC(=S)Nc1ccc(Oc2ccc(C(C)=O)cc2)cc1N. The summed E-state index contributed by atoms with van der Waals surface area (Å²) in [6.07, 6.45) is -0.676. The van der Waals surface area contributed by atoms with Crippen LogP contribution in [0.2, 0.25) is 0 Å². The summed E-state index contributed by atoms with van der Waals surface area (Å²) < 4.78 is 10.1. The van der Waals surface area contributed by atoms with Gasteiger partial charge in [-0.15, -0.1) is 0 Å². The zero-order valence-corrected chi connectivity index (χ0v) is 14.5. The quantitative estimate of drug-likeness (QED) is 0.437. The number of anilines is 2. The van der Waals surface area contributed by atoms with E-state index in [0.717, 1.165) is 0 Å². The van der Waals surface area contributed by atoms with Crippen molar-refractivity contribution in [3.05, 3.63) is 48.0 Å². The number of amides is 1. The third kappa shape index (κ3) is 5.18. The summed E-state index contributed by atoms with van der Waals surface area (Å²) in [6.45, 7) is 1.50. The maximum Gasteiger partial charge on any atom is 0.413 e. The number of thiocarbonyl (C=S) groups is 1. The molecule has 25 heavy (non-hydrogen) atoms. The highest BCUT2D eigenvalue weighted by Gasteiger charge is 2.08. The second-order valence-electron chi connectivity index (χ2n) is 5.00. The lowest BCUT2D eigenvalue weighted by atomic mass is 10.1. The van der Waals surface area contributed by atoms with Crippen molar-refractivity contribution in [1.82, 2.24) is 5.32 Å². The lowest BCUT2D eigenvalue weighted by Gasteiger charge is -2.12. The number of alkyl carbamates (subject to hydrolysis) is 1. The van der Waals surface area contributed by atoms with Gasteiger partial charge in [0.25, 0.3) is 0 Å². The number of ketones is 1. The minimum absolute atomic E-state index is 0.0113. The molecular formula is C17H17N3O4S. The van der Waals surface area contributed by atoms with Crippen molar-refractivity contribution in [2.24, 2.45) is 0 Å². The highest BCUT2D eigenvalue weighted by Crippen LogP contribution is 2.28. The number of carbonyl (C=O) groups is 2. The predicted molar refractivity (Wildman–Crippen MR) is 99.1 cm³/mol. The van der Waals surface area contributed by atoms with Gasteiger partial charge < -0.3 is 20.5 Å². The summed E-state index contributed by atoms with van der Waals surface area (Å²) in [5.41, 5.74) is 7.46. The van der Waals surface area contributed by atoms with E-state index in [1.165, 1.54) is 14.0 Å². The highest BCUT2D eigenvalue weighted by molar-refractivity contribution is 7.80. The molecule has 2 aromatic rings. The Morgan fingerprint density at radius 1 is 1.08 bits per heavy atom. The van der Waals surface area contributed by atoms with E-state index < -0.39 is 6.09 Å². The number of Topliss-reactive ketones (excluding diaryl/α,β-unsaturated/α-hetero) is 1. The number of hydrogen-bond donors (Lipinski definition) is 3. The predicted octanol–water partition coefficient (Wildman–Crippen LogP) is 3.32. The average Bonchev–Trinajstić information content (AvgIpc) is 2.57. The van der Waals surface area contributed by atoms with Crippen LogP contribution in [-0.4, -0.2) is 24.1 Å². The van der Waals surface area contributed by atoms with Gasteiger partial charge in [0.1, 0.15) is 11.5 Å². The molecule has 0 unspecified atom stereocenters. The van der Waals surface area contributed by atoms with Gasteiger partial charge in [-0.2, -0.15) is 0 Å². The van der Waals surface area contributed by atoms with E-state index >= 15 is 0 Å². The zero-order valence-electron chi connectivity index (χ0n) is 13.7. The maximum absolute atomic E-state index is 11.3. The Hall–Kier alpha value is -3.13. The molecule has 8 heteroatoms. The third-order valence-corrected chi connectivity index (χ3v) is 3.37. The molecule has 1 amide bonds. The van der Waals surface area contributed by atoms with Crippen LogP contribution in [-0.2, 0) is 4.74 Å². The van der Waals surface area contributed by atoms with Crippen LogP contribution >= 0.6 is 12.2 Å². The summed E-state index contributed by atoms with van der Waals surface area (Å²) >= 11 is 4.97. The van der Waals surface area contributed by atoms with Crippen LogP contribution in [0.5, 0.6) is 11.5 Å². The number of nitrogens with two attached hydrogens (primary N) is 1. The smallest absolute Gasteiger partial charge is 0.413 e. The fraction of sp³-hybridized carbons (Fsp3) is 0.118. The van der Waals surface area contributed by atoms with Crippen LogP contribution in [0.15, 0.2) is 42.5 Å². The molecule has 0 aliphatic heterocycles. The summed E-state index contributed by atoms with van der Waals surface area (Å²) in [6, 6.07) is 11.8. The first-order valence-electron chi connectivity index (χ1n) is 7.23. The fourth-order valence-electron chi connectivity index (χ4n) is 1.91. The number of ether oxygens (including phenoxy) is 2. The first-order valence-corrected chi connectivity index (χ1v) is 7.64. The molecule has 0 saturated heterocycles. The summed E-state index contributed by atoms with van der Waals surface area (Å²) in [7, 11) is 1.24. The number of nitrogen functional groups attached to an aromatic ring is 1. The van der Waals surface area contributed by atoms with Crippen molar-refractivity contribution in [3.63, 3.8) is 0 Å². The van der Waals surface area contributed by atoms with Gasteiger partial charge in [-0.1, -0.05) is 0 Å². The van der Waals surface area contributed by atoms with Crippen molar-refractivity contribution in [2.45, 2.75) is 6.92 Å². The molecule has 130 valence electrons. The largest absolute Gasteiger partial charge is 0.457 e. The number of hydrogen-bond acceptors (Lipinski definition) is 6. The van der Waals surface area contributed by atoms with E-state index in [0.29, 0.717) is 28.4 Å². The zero-order chi connectivity index (χ0) is 18.4. The molecule has 0 atom stereocenters. The van der Waals surface area contributed by atoms with Crippen molar-refractivity contribution in [1.29, 1.82) is 0 Å². The van der Waals surface area contributed by atoms with Crippen LogP contribution in [0.1, 0.15) is 17.3 Å². The van der Waals surface area contributed by atoms with Gasteiger partial charge in [0.15, 0.2) is 10.9 Å². The molecule has 0 bridgehead atoms. The topological polar surface area (TPSA) is 103 Å². The number of nitrogens with one attached hydrogen (secondary N) is 2. The molecule has 0 aromatic heterocycles. The first kappa shape index (κ1) is 18.2. The molecule has 0 saturated carbocycles. The molecule has 0 aliphatic rings. The van der Waals surface area contributed by atoms with E-state index in [9.17, 15) is 9.59 Å². The summed E-state index contributed by atoms with van der Waals surface area (Å²) in [5, 5.41) is 5.17. The Kier molecular flexibility index (Phi) is 5.91. The van der Waals surface area contributed by atoms with Crippen LogP contribution in [0.3, 0.4) is 0 Å². The van der Waals surface area contributed by atoms with Gasteiger partial charge >= 0.3 is 6.09 Å². The van der Waals surface area contributed by atoms with E-state index in [2.05, 4.69) is 15.4 Å². The third-order valence-electron chi connectivity index (χ3n) is 3.17. The molecule has 0 aliphatic carbocycles. The standard InChI is InChI=1S/C17H17N3O4S/c1-10(21)11-3-5-12(6-4-11)24-13-7-8-15(14(18)9-13)19-16(25)20-17(22)23-2/h3-9H,18H2,1-2H3,(H2,19,20,22,25). The van der Waals surface area contributed by atoms with Crippen molar-refractivity contribution in [2.75, 3.05) is 18.2 Å². The van der Waals surface area contributed by atoms with Gasteiger partial charge in [0, 0.05) is 11.6 Å². The molecule has 0 radical (unpaired) electrons. The second-order valence-corrected chi connectivity index (χ2v) is 5.41. The Balaban J connectivity index is 2.04. The minimum atomic E-state index is -0.676. The molecule has 2 rings (SSSR count). The number of benzene rings is 2. The van der Waals surface area contributed by atoms with E-state index in [1.54, 1.807) is 42.5 Å². The second kappa shape index (κ2) is 8.11. The molecule has 0 spiro atoms. The number of rotatable bonds is 4. The fourth-order valence-corrected chi connectivity index (χ4v) is 2.10. The highest BCUT2D eigenvalue weighted by atomic mass is 32.1. The molecule has 4 N–H and O–H groups in total. The van der Waals surface area contributed by atoms with Crippen molar-refractivity contribution >= 4 is 40.6 Å². The lowest BCUT2D eigenvalue weighted by Crippen LogP contribution is -2.34. The summed E-state index contributed by atoms with van der Waals surface area (Å²) in [5.74, 6) is 1.08. The molecule has 2 aromatic carbocycles. The Labute approximate surface area is 150 Å². The van der Waals surface area contributed by atoms with Gasteiger partial charge in [0.2, 0.25) is 0 Å². The van der Waals surface area contributed by atoms with Crippen molar-refractivity contribution in [3.8, 4) is 11.5 Å². The summed E-state index contributed by atoms with van der Waals surface area (Å²) in [4.78, 5) is 22.4. The number of methoxy groups -OCH3 is 1. The van der Waals surface area contributed by atoms with Crippen LogP contribution in [0.4, 0.5) is 16.2 Å². The maximum atomic E-state index is 11.3. The average molecular weight is 359 g/mol. The monoisotopic (exact) mass is 359 g/mol. The van der Waals surface area contributed by atoms with E-state index in [1.807, 2.05) is 0 Å². The lowest BCUT2D eigenvalue weighted by molar-refractivity contribution is 0.101. The molecule has 7 nitrogen and oxygen atoms in total. The van der Waals surface area contributed by atoms with Gasteiger partial charge in [-0.05, 0) is 55.5 Å². The van der Waals surface area contributed by atoms with Crippen LogP contribution in [0, 0.1) is 0 Å². The normalized spacial score (nSPS) is 9.84. The Bertz CT molecular complexity index is 806. The first-order chi connectivity index (χ1) is 11.9. The van der Waals surface area contributed by atoms with Crippen LogP contribution < -0.4 is 21.1 Å². The molecule has 0 heterocycles. The van der Waals surface area contributed by atoms with Crippen molar-refractivity contribution < 1.29 is 19.1 Å². The molecular weight excluding hydrogens is 342 g/mol. The molecule has 0 fully saturated rings. The Morgan fingerprint density at radius 3 is 2.28 bits per heavy atom. The van der Waals surface area contributed by atoms with Gasteiger partial charge in [-0.3, -0.25) is 10.1 Å². The van der Waals surface area contributed by atoms with Crippen LogP contribution in [0.25, 0.3) is 0 Å². The minimum Gasteiger partial charge on any atom is -0.457 e.